The van der Waals surface area contributed by atoms with Crippen LogP contribution in [0.1, 0.15) is 36.7 Å². The molecule has 1 aromatic carbocycles. The molecule has 0 atom stereocenters. The largest absolute Gasteiger partial charge is 0.357 e. The SMILES string of the molecule is CCNC(=NCc1ccc(C(=O)N(C)C)cc1)NCC(C)(C)CN(C)C.I. The minimum Gasteiger partial charge on any atom is -0.357 e. The smallest absolute Gasteiger partial charge is 0.253 e. The lowest BCUT2D eigenvalue weighted by Crippen LogP contribution is -2.44. The van der Waals surface area contributed by atoms with E-state index in [-0.39, 0.29) is 35.3 Å². The Morgan fingerprint density at radius 3 is 2.15 bits per heavy atom. The molecule has 1 amide bonds. The van der Waals surface area contributed by atoms with Crippen molar-refractivity contribution < 1.29 is 4.79 Å². The topological polar surface area (TPSA) is 60.0 Å². The van der Waals surface area contributed by atoms with E-state index in [0.29, 0.717) is 12.1 Å². The molecule has 0 fully saturated rings. The summed E-state index contributed by atoms with van der Waals surface area (Å²) in [4.78, 5) is 20.4. The van der Waals surface area contributed by atoms with Crippen molar-refractivity contribution in [3.05, 3.63) is 35.4 Å². The van der Waals surface area contributed by atoms with Gasteiger partial charge in [-0.05, 0) is 44.1 Å². The second-order valence-corrected chi connectivity index (χ2v) is 7.85. The molecule has 0 saturated heterocycles. The van der Waals surface area contributed by atoms with Gasteiger partial charge in [-0.1, -0.05) is 26.0 Å². The summed E-state index contributed by atoms with van der Waals surface area (Å²) in [6, 6.07) is 7.63. The summed E-state index contributed by atoms with van der Waals surface area (Å²) >= 11 is 0. The Balaban J connectivity index is 0.00000676. The first-order chi connectivity index (χ1) is 12.1. The number of nitrogens with zero attached hydrogens (tertiary/aromatic N) is 3. The molecular weight excluding hydrogens is 453 g/mol. The van der Waals surface area contributed by atoms with Gasteiger partial charge in [-0.2, -0.15) is 0 Å². The van der Waals surface area contributed by atoms with Crippen LogP contribution in [-0.4, -0.2) is 69.5 Å². The van der Waals surface area contributed by atoms with Crippen LogP contribution in [0.4, 0.5) is 0 Å². The number of guanidine groups is 1. The molecular formula is C20H36IN5O. The second-order valence-electron chi connectivity index (χ2n) is 7.85. The van der Waals surface area contributed by atoms with E-state index in [4.69, 9.17) is 0 Å². The molecule has 0 heterocycles. The maximum absolute atomic E-state index is 11.9. The van der Waals surface area contributed by atoms with Gasteiger partial charge < -0.3 is 20.4 Å². The minimum absolute atomic E-state index is 0. The van der Waals surface area contributed by atoms with Gasteiger partial charge >= 0.3 is 0 Å². The van der Waals surface area contributed by atoms with E-state index in [2.05, 4.69) is 55.4 Å². The van der Waals surface area contributed by atoms with Crippen LogP contribution in [-0.2, 0) is 6.54 Å². The molecule has 27 heavy (non-hydrogen) atoms. The van der Waals surface area contributed by atoms with Crippen molar-refractivity contribution >= 4 is 35.8 Å². The van der Waals surface area contributed by atoms with Crippen molar-refractivity contribution in [3.8, 4) is 0 Å². The molecule has 0 unspecified atom stereocenters. The van der Waals surface area contributed by atoms with Gasteiger partial charge in [0.1, 0.15) is 0 Å². The van der Waals surface area contributed by atoms with Crippen LogP contribution in [0.2, 0.25) is 0 Å². The van der Waals surface area contributed by atoms with Crippen molar-refractivity contribution in [2.75, 3.05) is 47.8 Å². The van der Waals surface area contributed by atoms with E-state index in [1.54, 1.807) is 19.0 Å². The van der Waals surface area contributed by atoms with Gasteiger partial charge in [0.15, 0.2) is 5.96 Å². The Morgan fingerprint density at radius 1 is 1.07 bits per heavy atom. The average molecular weight is 489 g/mol. The summed E-state index contributed by atoms with van der Waals surface area (Å²) in [6.07, 6.45) is 0. The summed E-state index contributed by atoms with van der Waals surface area (Å²) < 4.78 is 0. The lowest BCUT2D eigenvalue weighted by atomic mass is 9.93. The molecule has 6 nitrogen and oxygen atoms in total. The number of carbonyl (C=O) groups excluding carboxylic acids is 1. The van der Waals surface area contributed by atoms with E-state index < -0.39 is 0 Å². The number of hydrogen-bond acceptors (Lipinski definition) is 3. The van der Waals surface area contributed by atoms with Crippen molar-refractivity contribution in [1.29, 1.82) is 0 Å². The molecule has 7 heteroatoms. The van der Waals surface area contributed by atoms with Gasteiger partial charge in [0, 0.05) is 39.3 Å². The zero-order valence-electron chi connectivity index (χ0n) is 17.8. The third kappa shape index (κ3) is 9.95. The van der Waals surface area contributed by atoms with Gasteiger partial charge in [0.05, 0.1) is 6.54 Å². The number of hydrogen-bond donors (Lipinski definition) is 2. The van der Waals surface area contributed by atoms with Gasteiger partial charge in [-0.15, -0.1) is 24.0 Å². The molecule has 0 bridgehead atoms. The number of carbonyl (C=O) groups is 1. The summed E-state index contributed by atoms with van der Waals surface area (Å²) in [5, 5.41) is 6.72. The minimum atomic E-state index is 0. The Bertz CT molecular complexity index is 597. The van der Waals surface area contributed by atoms with Crippen LogP contribution < -0.4 is 10.6 Å². The predicted octanol–water partition coefficient (Wildman–Crippen LogP) is 2.65. The number of benzene rings is 1. The number of nitrogens with one attached hydrogen (secondary N) is 2. The van der Waals surface area contributed by atoms with E-state index in [9.17, 15) is 4.79 Å². The monoisotopic (exact) mass is 489 g/mol. The van der Waals surface area contributed by atoms with Crippen LogP contribution in [0.3, 0.4) is 0 Å². The summed E-state index contributed by atoms with van der Waals surface area (Å²) in [5.74, 6) is 0.825. The zero-order valence-corrected chi connectivity index (χ0v) is 20.1. The molecule has 2 N–H and O–H groups in total. The van der Waals surface area contributed by atoms with Gasteiger partial charge in [-0.3, -0.25) is 4.79 Å². The molecule has 0 aliphatic carbocycles. The van der Waals surface area contributed by atoms with Crippen LogP contribution >= 0.6 is 24.0 Å². The fourth-order valence-electron chi connectivity index (χ4n) is 2.76. The number of rotatable bonds is 8. The molecule has 1 aromatic rings. The van der Waals surface area contributed by atoms with Gasteiger partial charge in [-0.25, -0.2) is 4.99 Å². The highest BCUT2D eigenvalue weighted by Gasteiger charge is 2.19. The normalized spacial score (nSPS) is 11.8. The fraction of sp³-hybridized carbons (Fsp3) is 0.600. The number of amides is 1. The van der Waals surface area contributed by atoms with E-state index >= 15 is 0 Å². The molecule has 0 aromatic heterocycles. The summed E-state index contributed by atoms with van der Waals surface area (Å²) in [6.45, 7) is 9.77. The highest BCUT2D eigenvalue weighted by atomic mass is 127. The number of halogens is 1. The van der Waals surface area contributed by atoms with E-state index in [0.717, 1.165) is 31.2 Å². The highest BCUT2D eigenvalue weighted by molar-refractivity contribution is 14.0. The van der Waals surface area contributed by atoms with Crippen molar-refractivity contribution in [2.24, 2.45) is 10.4 Å². The molecule has 0 radical (unpaired) electrons. The number of aliphatic imine (C=N–C) groups is 1. The second kappa shape index (κ2) is 12.2. The first-order valence-corrected chi connectivity index (χ1v) is 9.12. The molecule has 0 saturated carbocycles. The van der Waals surface area contributed by atoms with Crippen LogP contribution in [0.25, 0.3) is 0 Å². The van der Waals surface area contributed by atoms with Gasteiger partial charge in [0.25, 0.3) is 5.91 Å². The fourth-order valence-corrected chi connectivity index (χ4v) is 2.76. The Morgan fingerprint density at radius 2 is 1.67 bits per heavy atom. The lowest BCUT2D eigenvalue weighted by molar-refractivity contribution is 0.0827. The van der Waals surface area contributed by atoms with Crippen molar-refractivity contribution in [2.45, 2.75) is 27.3 Å². The molecule has 1 rings (SSSR count). The molecule has 154 valence electrons. The highest BCUT2D eigenvalue weighted by Crippen LogP contribution is 2.14. The molecule has 0 aliphatic heterocycles. The molecule has 0 spiro atoms. The first kappa shape index (κ1) is 25.6. The van der Waals surface area contributed by atoms with Crippen LogP contribution in [0, 0.1) is 5.41 Å². The van der Waals surface area contributed by atoms with Crippen molar-refractivity contribution in [3.63, 3.8) is 0 Å². The molecule has 0 aliphatic rings. The Labute approximate surface area is 181 Å². The van der Waals surface area contributed by atoms with Crippen molar-refractivity contribution in [1.82, 2.24) is 20.4 Å². The predicted molar refractivity (Wildman–Crippen MR) is 125 cm³/mol. The first-order valence-electron chi connectivity index (χ1n) is 9.12. The summed E-state index contributed by atoms with van der Waals surface area (Å²) in [5.41, 5.74) is 1.91. The standard InChI is InChI=1S/C20H35N5O.HI/c1-8-21-19(23-14-20(2,3)15-24(4)5)22-13-16-9-11-17(12-10-16)18(26)25(6)7;/h9-12H,8,13-15H2,1-7H3,(H2,21,22,23);1H. The van der Waals surface area contributed by atoms with Crippen LogP contribution in [0.5, 0.6) is 0 Å². The zero-order chi connectivity index (χ0) is 19.7. The maximum atomic E-state index is 11.9. The maximum Gasteiger partial charge on any atom is 0.253 e. The van der Waals surface area contributed by atoms with Gasteiger partial charge in [0.2, 0.25) is 0 Å². The third-order valence-corrected chi connectivity index (χ3v) is 3.85. The van der Waals surface area contributed by atoms with E-state index in [1.165, 1.54) is 0 Å². The summed E-state index contributed by atoms with van der Waals surface area (Å²) in [7, 11) is 7.69. The third-order valence-electron chi connectivity index (χ3n) is 3.85. The quantitative estimate of drug-likeness (QED) is 0.335. The Hall–Kier alpha value is -1.35. The van der Waals surface area contributed by atoms with E-state index in [1.807, 2.05) is 24.3 Å². The Kier molecular flexibility index (Phi) is 11.6. The van der Waals surface area contributed by atoms with Crippen LogP contribution in [0.15, 0.2) is 29.3 Å². The lowest BCUT2D eigenvalue weighted by Gasteiger charge is -2.29. The average Bonchev–Trinajstić information content (AvgIpc) is 2.56.